The predicted molar refractivity (Wildman–Crippen MR) is 119 cm³/mol. The first kappa shape index (κ1) is 20.1. The van der Waals surface area contributed by atoms with Crippen LogP contribution in [0.4, 0.5) is 5.13 Å². The summed E-state index contributed by atoms with van der Waals surface area (Å²) in [6.07, 6.45) is 0.753. The average Bonchev–Trinajstić information content (AvgIpc) is 3.16. The number of thiazole rings is 1. The number of para-hydroxylation sites is 1. The molecule has 1 amide bonds. The van der Waals surface area contributed by atoms with Crippen molar-refractivity contribution in [1.29, 1.82) is 0 Å². The van der Waals surface area contributed by atoms with Gasteiger partial charge in [0.1, 0.15) is 5.56 Å². The molecule has 0 radical (unpaired) electrons. The van der Waals surface area contributed by atoms with E-state index in [2.05, 4.69) is 10.3 Å². The third kappa shape index (κ3) is 3.81. The number of hydrogen-bond acceptors (Lipinski definition) is 6. The number of benzene rings is 2. The van der Waals surface area contributed by atoms with E-state index in [-0.39, 0.29) is 5.56 Å². The van der Waals surface area contributed by atoms with Gasteiger partial charge in [0.25, 0.3) is 5.91 Å². The predicted octanol–water partition coefficient (Wildman–Crippen LogP) is 5.39. The van der Waals surface area contributed by atoms with Crippen LogP contribution < -0.4 is 15.7 Å². The zero-order chi connectivity index (χ0) is 21.3. The topological polar surface area (TPSA) is 81.4 Å². The van der Waals surface area contributed by atoms with E-state index in [1.54, 1.807) is 30.3 Å². The Morgan fingerprint density at radius 1 is 1.23 bits per heavy atom. The van der Waals surface area contributed by atoms with E-state index in [0.717, 1.165) is 22.6 Å². The summed E-state index contributed by atoms with van der Waals surface area (Å²) in [6.45, 7) is 2.02. The lowest BCUT2D eigenvalue weighted by molar-refractivity contribution is 0.102. The lowest BCUT2D eigenvalue weighted by Gasteiger charge is -2.05. The van der Waals surface area contributed by atoms with Crippen LogP contribution in [0.25, 0.3) is 22.2 Å². The van der Waals surface area contributed by atoms with Crippen LogP contribution in [0.1, 0.15) is 22.2 Å². The molecule has 0 atom stereocenters. The minimum absolute atomic E-state index is 0.1000. The van der Waals surface area contributed by atoms with Gasteiger partial charge in [0.2, 0.25) is 0 Å². The van der Waals surface area contributed by atoms with Crippen molar-refractivity contribution in [3.63, 3.8) is 0 Å². The first-order chi connectivity index (χ1) is 14.5. The highest BCUT2D eigenvalue weighted by atomic mass is 35.5. The van der Waals surface area contributed by atoms with Gasteiger partial charge < -0.3 is 9.15 Å². The molecule has 4 rings (SSSR count). The second-order valence-electron chi connectivity index (χ2n) is 6.43. The van der Waals surface area contributed by atoms with E-state index in [0.29, 0.717) is 26.9 Å². The summed E-state index contributed by atoms with van der Waals surface area (Å²) in [4.78, 5) is 30.7. The number of nitrogens with zero attached hydrogens (tertiary/aromatic N) is 1. The van der Waals surface area contributed by atoms with E-state index < -0.39 is 11.5 Å². The second kappa shape index (κ2) is 8.30. The van der Waals surface area contributed by atoms with Gasteiger partial charge in [-0.1, -0.05) is 42.8 Å². The highest BCUT2D eigenvalue weighted by Crippen LogP contribution is 2.32. The molecule has 1 N–H and O–H groups in total. The van der Waals surface area contributed by atoms with Gasteiger partial charge in [-0.05, 0) is 30.7 Å². The van der Waals surface area contributed by atoms with Crippen molar-refractivity contribution in [2.75, 3.05) is 12.4 Å². The largest absolute Gasteiger partial charge is 0.493 e. The zero-order valence-electron chi connectivity index (χ0n) is 16.2. The summed E-state index contributed by atoms with van der Waals surface area (Å²) in [6, 6.07) is 14.0. The van der Waals surface area contributed by atoms with Crippen molar-refractivity contribution in [2.24, 2.45) is 0 Å². The number of nitrogens with one attached hydrogen (secondary N) is 1. The minimum Gasteiger partial charge on any atom is -0.493 e. The number of aromatic nitrogens is 1. The molecule has 6 nitrogen and oxygen atoms in total. The first-order valence-electron chi connectivity index (χ1n) is 9.18. The number of anilines is 1. The number of aryl methyl sites for hydroxylation is 1. The lowest BCUT2D eigenvalue weighted by atomic mass is 10.1. The van der Waals surface area contributed by atoms with Crippen LogP contribution in [0.3, 0.4) is 0 Å². The van der Waals surface area contributed by atoms with Gasteiger partial charge in [0, 0.05) is 20.8 Å². The summed E-state index contributed by atoms with van der Waals surface area (Å²) in [5, 5.41) is 4.36. The fraction of sp³-hybridized carbons (Fsp3) is 0.136. The Morgan fingerprint density at radius 2 is 2.00 bits per heavy atom. The molecule has 152 valence electrons. The Bertz CT molecular complexity index is 1290. The molecule has 0 saturated carbocycles. The SMILES string of the molecule is CCc1sc(NC(=O)c2cc3cccc(OC)c3oc2=O)nc1-c1ccc(Cl)cc1. The van der Waals surface area contributed by atoms with Crippen LogP contribution in [0, 0.1) is 0 Å². The molecular weight excluding hydrogens is 424 g/mol. The molecule has 8 heteroatoms. The molecule has 0 saturated heterocycles. The maximum Gasteiger partial charge on any atom is 0.349 e. The van der Waals surface area contributed by atoms with Crippen molar-refractivity contribution < 1.29 is 13.9 Å². The number of methoxy groups -OCH3 is 1. The molecule has 0 aliphatic carbocycles. The normalized spacial score (nSPS) is 10.9. The van der Waals surface area contributed by atoms with Crippen molar-refractivity contribution >= 4 is 44.9 Å². The lowest BCUT2D eigenvalue weighted by Crippen LogP contribution is -2.20. The van der Waals surface area contributed by atoms with Crippen molar-refractivity contribution in [3.05, 3.63) is 74.4 Å². The highest BCUT2D eigenvalue weighted by Gasteiger charge is 2.19. The third-order valence-corrected chi connectivity index (χ3v) is 5.91. The molecule has 0 bridgehead atoms. The minimum atomic E-state index is -0.741. The van der Waals surface area contributed by atoms with Crippen LogP contribution in [0.5, 0.6) is 5.75 Å². The summed E-state index contributed by atoms with van der Waals surface area (Å²) in [5.74, 6) is -0.149. The molecule has 0 unspecified atom stereocenters. The zero-order valence-corrected chi connectivity index (χ0v) is 17.8. The van der Waals surface area contributed by atoms with E-state index >= 15 is 0 Å². The van der Waals surface area contributed by atoms with Gasteiger partial charge in [-0.25, -0.2) is 9.78 Å². The van der Waals surface area contributed by atoms with E-state index in [1.807, 2.05) is 19.1 Å². The Balaban J connectivity index is 1.67. The number of hydrogen-bond donors (Lipinski definition) is 1. The fourth-order valence-electron chi connectivity index (χ4n) is 3.08. The number of carbonyl (C=O) groups excluding carboxylic acids is 1. The van der Waals surface area contributed by atoms with Gasteiger partial charge in [-0.15, -0.1) is 11.3 Å². The van der Waals surface area contributed by atoms with Crippen molar-refractivity contribution in [3.8, 4) is 17.0 Å². The van der Waals surface area contributed by atoms with Gasteiger partial charge in [-0.2, -0.15) is 0 Å². The van der Waals surface area contributed by atoms with Crippen molar-refractivity contribution in [2.45, 2.75) is 13.3 Å². The molecule has 0 spiro atoms. The smallest absolute Gasteiger partial charge is 0.349 e. The molecule has 2 aromatic heterocycles. The second-order valence-corrected chi connectivity index (χ2v) is 7.95. The van der Waals surface area contributed by atoms with Gasteiger partial charge in [-0.3, -0.25) is 10.1 Å². The van der Waals surface area contributed by atoms with E-state index in [4.69, 9.17) is 20.8 Å². The molecule has 4 aromatic rings. The molecular formula is C22H17ClN2O4S. The highest BCUT2D eigenvalue weighted by molar-refractivity contribution is 7.16. The van der Waals surface area contributed by atoms with Crippen LogP contribution in [0.2, 0.25) is 5.02 Å². The maximum absolute atomic E-state index is 12.8. The van der Waals surface area contributed by atoms with Gasteiger partial charge >= 0.3 is 5.63 Å². The number of carbonyl (C=O) groups is 1. The summed E-state index contributed by atoms with van der Waals surface area (Å²) < 4.78 is 10.5. The molecule has 0 aliphatic heterocycles. The number of halogens is 1. The van der Waals surface area contributed by atoms with Gasteiger partial charge in [0.05, 0.1) is 12.8 Å². The first-order valence-corrected chi connectivity index (χ1v) is 10.4. The summed E-state index contributed by atoms with van der Waals surface area (Å²) in [7, 11) is 1.49. The van der Waals surface area contributed by atoms with Crippen LogP contribution in [-0.2, 0) is 6.42 Å². The Hall–Kier alpha value is -3.16. The van der Waals surface area contributed by atoms with E-state index in [9.17, 15) is 9.59 Å². The Kier molecular flexibility index (Phi) is 5.57. The quantitative estimate of drug-likeness (QED) is 0.420. The molecule has 30 heavy (non-hydrogen) atoms. The van der Waals surface area contributed by atoms with Gasteiger partial charge in [0.15, 0.2) is 16.5 Å². The number of amides is 1. The number of fused-ring (bicyclic) bond motifs is 1. The average molecular weight is 441 g/mol. The monoisotopic (exact) mass is 440 g/mol. The summed E-state index contributed by atoms with van der Waals surface area (Å²) in [5.41, 5.74) is 1.15. The third-order valence-electron chi connectivity index (χ3n) is 4.54. The molecule has 0 aliphatic rings. The van der Waals surface area contributed by atoms with Crippen molar-refractivity contribution in [1.82, 2.24) is 4.98 Å². The molecule has 0 fully saturated rings. The van der Waals surface area contributed by atoms with Crippen LogP contribution >= 0.6 is 22.9 Å². The number of ether oxygens (including phenoxy) is 1. The Labute approximate surface area is 181 Å². The standard InChI is InChI=1S/C22H17ClN2O4S/c1-3-17-18(12-7-9-14(23)10-8-12)24-22(30-17)25-20(26)15-11-13-5-4-6-16(28-2)19(13)29-21(15)27/h4-11H,3H2,1-2H3,(H,24,25,26). The molecule has 2 heterocycles. The van der Waals surface area contributed by atoms with Crippen LogP contribution in [0.15, 0.2) is 57.7 Å². The van der Waals surface area contributed by atoms with Crippen LogP contribution in [-0.4, -0.2) is 18.0 Å². The van der Waals surface area contributed by atoms with E-state index in [1.165, 1.54) is 24.5 Å². The number of rotatable bonds is 5. The maximum atomic E-state index is 12.8. The summed E-state index contributed by atoms with van der Waals surface area (Å²) >= 11 is 7.34. The molecule has 2 aromatic carbocycles. The Morgan fingerprint density at radius 3 is 2.70 bits per heavy atom. The fourth-order valence-corrected chi connectivity index (χ4v) is 4.12.